The zero-order valence-corrected chi connectivity index (χ0v) is 9.27. The number of amides is 1. The molecule has 1 aromatic carbocycles. The summed E-state index contributed by atoms with van der Waals surface area (Å²) in [7, 11) is 0. The van der Waals surface area contributed by atoms with E-state index in [1.807, 2.05) is 6.07 Å². The molecule has 1 saturated heterocycles. The lowest BCUT2D eigenvalue weighted by Crippen LogP contribution is -2.23. The maximum absolute atomic E-state index is 11.8. The van der Waals surface area contributed by atoms with E-state index in [0.717, 1.165) is 6.42 Å². The third-order valence-corrected chi connectivity index (χ3v) is 2.74. The Morgan fingerprint density at radius 1 is 1.59 bits per heavy atom. The summed E-state index contributed by atoms with van der Waals surface area (Å²) in [5.41, 5.74) is 7.17. The number of rotatable bonds is 2. The Balaban J connectivity index is 2.08. The average Bonchev–Trinajstić information content (AvgIpc) is 2.85. The predicted octanol–water partition coefficient (Wildman–Crippen LogP) is 1.12. The molecule has 1 amide bonds. The Hall–Kier alpha value is -2.06. The summed E-state index contributed by atoms with van der Waals surface area (Å²) >= 11 is 0. The van der Waals surface area contributed by atoms with Gasteiger partial charge in [-0.1, -0.05) is 0 Å². The van der Waals surface area contributed by atoms with Crippen LogP contribution >= 0.6 is 0 Å². The fourth-order valence-corrected chi connectivity index (χ4v) is 1.72. The van der Waals surface area contributed by atoms with Gasteiger partial charge in [0.25, 0.3) is 0 Å². The van der Waals surface area contributed by atoms with Crippen molar-refractivity contribution in [1.82, 2.24) is 0 Å². The molecule has 88 valence electrons. The smallest absolute Gasteiger partial charge is 0.229 e. The van der Waals surface area contributed by atoms with Crippen LogP contribution in [-0.2, 0) is 9.53 Å². The zero-order valence-electron chi connectivity index (χ0n) is 9.27. The Morgan fingerprint density at radius 2 is 2.41 bits per heavy atom. The first-order valence-electron chi connectivity index (χ1n) is 5.39. The minimum atomic E-state index is -0.106. The van der Waals surface area contributed by atoms with E-state index >= 15 is 0 Å². The number of nitrogens with two attached hydrogens (primary N) is 1. The van der Waals surface area contributed by atoms with Gasteiger partial charge in [0, 0.05) is 6.61 Å². The third-order valence-electron chi connectivity index (χ3n) is 2.74. The van der Waals surface area contributed by atoms with Crippen LogP contribution in [0.1, 0.15) is 12.0 Å². The number of carbonyl (C=O) groups is 1. The molecule has 1 atom stereocenters. The highest BCUT2D eigenvalue weighted by molar-refractivity contribution is 5.95. The number of hydrogen-bond acceptors (Lipinski definition) is 4. The van der Waals surface area contributed by atoms with Gasteiger partial charge in [-0.2, -0.15) is 5.26 Å². The van der Waals surface area contributed by atoms with Crippen LogP contribution in [0.25, 0.3) is 0 Å². The fraction of sp³-hybridized carbons (Fsp3) is 0.333. The largest absolute Gasteiger partial charge is 0.397 e. The minimum Gasteiger partial charge on any atom is -0.397 e. The van der Waals surface area contributed by atoms with Gasteiger partial charge in [-0.3, -0.25) is 4.79 Å². The van der Waals surface area contributed by atoms with Crippen LogP contribution in [0.3, 0.4) is 0 Å². The van der Waals surface area contributed by atoms with Crippen molar-refractivity contribution in [2.24, 2.45) is 5.92 Å². The standard InChI is InChI=1S/C12H13N3O2/c13-6-8-1-2-11(10(14)5-8)15-12(16)9-3-4-17-7-9/h1-2,5,9H,3-4,7,14H2,(H,15,16). The van der Waals surface area contributed by atoms with Crippen molar-refractivity contribution in [3.63, 3.8) is 0 Å². The second kappa shape index (κ2) is 4.85. The summed E-state index contributed by atoms with van der Waals surface area (Å²) in [5, 5.41) is 11.4. The van der Waals surface area contributed by atoms with Crippen LogP contribution in [0.5, 0.6) is 0 Å². The number of nitrogen functional groups attached to an aromatic ring is 1. The lowest BCUT2D eigenvalue weighted by molar-refractivity contribution is -0.119. The molecule has 5 heteroatoms. The molecule has 0 saturated carbocycles. The molecule has 17 heavy (non-hydrogen) atoms. The van der Waals surface area contributed by atoms with Gasteiger partial charge in [-0.05, 0) is 24.6 Å². The lowest BCUT2D eigenvalue weighted by Gasteiger charge is -2.11. The molecule has 0 spiro atoms. The average molecular weight is 231 g/mol. The van der Waals surface area contributed by atoms with Crippen LogP contribution in [0.2, 0.25) is 0 Å². The highest BCUT2D eigenvalue weighted by Crippen LogP contribution is 2.22. The molecule has 0 aliphatic carbocycles. The van der Waals surface area contributed by atoms with Crippen LogP contribution in [-0.4, -0.2) is 19.1 Å². The number of benzene rings is 1. The lowest BCUT2D eigenvalue weighted by atomic mass is 10.1. The molecule has 0 radical (unpaired) electrons. The molecular weight excluding hydrogens is 218 g/mol. The Morgan fingerprint density at radius 3 is 3.00 bits per heavy atom. The molecule has 5 nitrogen and oxygen atoms in total. The van der Waals surface area contributed by atoms with E-state index in [1.54, 1.807) is 18.2 Å². The maximum atomic E-state index is 11.8. The topological polar surface area (TPSA) is 88.1 Å². The number of nitrogens with zero attached hydrogens (tertiary/aromatic N) is 1. The summed E-state index contributed by atoms with van der Waals surface area (Å²) in [6.45, 7) is 1.09. The number of carbonyl (C=O) groups excluding carboxylic acids is 1. The molecule has 1 unspecified atom stereocenters. The highest BCUT2D eigenvalue weighted by atomic mass is 16.5. The van der Waals surface area contributed by atoms with Gasteiger partial charge in [0.05, 0.1) is 35.5 Å². The van der Waals surface area contributed by atoms with Gasteiger partial charge >= 0.3 is 0 Å². The summed E-state index contributed by atoms with van der Waals surface area (Å²) in [5.74, 6) is -0.191. The molecule has 0 bridgehead atoms. The number of ether oxygens (including phenoxy) is 1. The summed E-state index contributed by atoms with van der Waals surface area (Å²) in [4.78, 5) is 11.8. The van der Waals surface area contributed by atoms with Crippen molar-refractivity contribution in [3.8, 4) is 6.07 Å². The van der Waals surface area contributed by atoms with Gasteiger partial charge in [0.15, 0.2) is 0 Å². The van der Waals surface area contributed by atoms with Gasteiger partial charge in [0.2, 0.25) is 5.91 Å². The molecule has 1 heterocycles. The van der Waals surface area contributed by atoms with Gasteiger partial charge < -0.3 is 15.8 Å². The summed E-state index contributed by atoms with van der Waals surface area (Å²) in [6.07, 6.45) is 0.738. The normalized spacial score (nSPS) is 18.6. The molecule has 1 aromatic rings. The quantitative estimate of drug-likeness (QED) is 0.746. The predicted molar refractivity (Wildman–Crippen MR) is 63.1 cm³/mol. The summed E-state index contributed by atoms with van der Waals surface area (Å²) in [6, 6.07) is 6.80. The second-order valence-corrected chi connectivity index (χ2v) is 3.96. The van der Waals surface area contributed by atoms with Crippen molar-refractivity contribution in [1.29, 1.82) is 5.26 Å². The molecular formula is C12H13N3O2. The molecule has 2 rings (SSSR count). The molecule has 0 aromatic heterocycles. The van der Waals surface area contributed by atoms with E-state index in [0.29, 0.717) is 30.2 Å². The third kappa shape index (κ3) is 2.55. The van der Waals surface area contributed by atoms with Crippen LogP contribution in [0, 0.1) is 17.2 Å². The van der Waals surface area contributed by atoms with Crippen LogP contribution in [0.4, 0.5) is 11.4 Å². The number of nitriles is 1. The van der Waals surface area contributed by atoms with Gasteiger partial charge in [-0.25, -0.2) is 0 Å². The monoisotopic (exact) mass is 231 g/mol. The van der Waals surface area contributed by atoms with Crippen molar-refractivity contribution in [2.45, 2.75) is 6.42 Å². The van der Waals surface area contributed by atoms with Crippen molar-refractivity contribution in [2.75, 3.05) is 24.3 Å². The first kappa shape index (κ1) is 11.4. The van der Waals surface area contributed by atoms with E-state index in [9.17, 15) is 4.79 Å². The molecule has 1 aliphatic heterocycles. The van der Waals surface area contributed by atoms with Crippen molar-refractivity contribution >= 4 is 17.3 Å². The van der Waals surface area contributed by atoms with Crippen LogP contribution < -0.4 is 11.1 Å². The van der Waals surface area contributed by atoms with Crippen LogP contribution in [0.15, 0.2) is 18.2 Å². The number of hydrogen-bond donors (Lipinski definition) is 2. The van der Waals surface area contributed by atoms with E-state index in [2.05, 4.69) is 5.32 Å². The minimum absolute atomic E-state index is 0.0843. The Labute approximate surface area is 99.2 Å². The maximum Gasteiger partial charge on any atom is 0.229 e. The first-order chi connectivity index (χ1) is 8.20. The molecule has 1 fully saturated rings. The van der Waals surface area contributed by atoms with E-state index in [-0.39, 0.29) is 11.8 Å². The Bertz CT molecular complexity index is 473. The van der Waals surface area contributed by atoms with Crippen molar-refractivity contribution in [3.05, 3.63) is 23.8 Å². The Kier molecular flexibility index (Phi) is 3.26. The van der Waals surface area contributed by atoms with Gasteiger partial charge in [0.1, 0.15) is 0 Å². The van der Waals surface area contributed by atoms with Gasteiger partial charge in [-0.15, -0.1) is 0 Å². The number of nitrogens with one attached hydrogen (secondary N) is 1. The number of anilines is 2. The SMILES string of the molecule is N#Cc1ccc(NC(=O)C2CCOC2)c(N)c1. The molecule has 3 N–H and O–H groups in total. The van der Waals surface area contributed by atoms with Crippen molar-refractivity contribution < 1.29 is 9.53 Å². The fourth-order valence-electron chi connectivity index (χ4n) is 1.72. The van der Waals surface area contributed by atoms with E-state index in [4.69, 9.17) is 15.7 Å². The highest BCUT2D eigenvalue weighted by Gasteiger charge is 2.23. The first-order valence-corrected chi connectivity index (χ1v) is 5.39. The molecule has 1 aliphatic rings. The zero-order chi connectivity index (χ0) is 12.3. The van der Waals surface area contributed by atoms with E-state index < -0.39 is 0 Å². The second-order valence-electron chi connectivity index (χ2n) is 3.96. The summed E-state index contributed by atoms with van der Waals surface area (Å²) < 4.78 is 5.15. The van der Waals surface area contributed by atoms with E-state index in [1.165, 1.54) is 0 Å².